The lowest BCUT2D eigenvalue weighted by Crippen LogP contribution is -2.32. The molecule has 0 saturated carbocycles. The second kappa shape index (κ2) is 15.1. The van der Waals surface area contributed by atoms with Crippen molar-refractivity contribution in [1.82, 2.24) is 9.44 Å². The number of halogens is 3. The van der Waals surface area contributed by atoms with Gasteiger partial charge in [0, 0.05) is 14.5 Å². The zero-order chi connectivity index (χ0) is 36.2. The van der Waals surface area contributed by atoms with Crippen molar-refractivity contribution in [2.24, 2.45) is 10.3 Å². The first-order valence-electron chi connectivity index (χ1n) is 12.6. The number of carbonyl (C=O) groups is 2. The summed E-state index contributed by atoms with van der Waals surface area (Å²) in [6.45, 7) is 1.74. The number of benzene rings is 4. The van der Waals surface area contributed by atoms with Crippen LogP contribution in [0.5, 0.6) is 0 Å². The second-order valence-corrected chi connectivity index (χ2v) is 18.0. The second-order valence-electron chi connectivity index (χ2n) is 9.44. The van der Waals surface area contributed by atoms with Gasteiger partial charge in [-0.25, -0.2) is 53.4 Å². The van der Waals surface area contributed by atoms with E-state index in [4.69, 9.17) is 21.9 Å². The van der Waals surface area contributed by atoms with Crippen LogP contribution in [0.2, 0.25) is 5.02 Å². The molecule has 256 valence electrons. The first kappa shape index (κ1) is 39.2. The van der Waals surface area contributed by atoms with Crippen LogP contribution in [0.15, 0.2) is 113 Å². The third-order valence-electron chi connectivity index (χ3n) is 5.94. The summed E-state index contributed by atoms with van der Waals surface area (Å²) in [6, 6.07) is 18.2. The van der Waals surface area contributed by atoms with Gasteiger partial charge in [-0.1, -0.05) is 67.7 Å². The Morgan fingerprint density at radius 2 is 1.06 bits per heavy atom. The van der Waals surface area contributed by atoms with Crippen LogP contribution in [0, 0.1) is 6.92 Å². The minimum Gasteiger partial charge on any atom is -0.268 e. The highest BCUT2D eigenvalue weighted by molar-refractivity contribution is 9.10. The van der Waals surface area contributed by atoms with Crippen molar-refractivity contribution in [2.75, 3.05) is 0 Å². The zero-order valence-electron chi connectivity index (χ0n) is 24.1. The van der Waals surface area contributed by atoms with E-state index in [-0.39, 0.29) is 16.1 Å². The molecule has 0 aliphatic heterocycles. The summed E-state index contributed by atoms with van der Waals surface area (Å²) in [4.78, 5) is 21.9. The molecular weight excluding hydrogens is 864 g/mol. The standard InChI is InChI=1S/C14H13BrN2O5S2.C13H10BrClN2O5S2/c1-9-8-10(6-7-11(9)15)14(18)17-24(21,22)13-5-3-2-4-12(13)23(16,19)20;14-8-5-6-9(10(15)7-8)13(18)17-24(21,22)12-4-2-1-3-11(12)23(16,19)20/h2-8H,1H3,(H,17,18)(H2,16,19,20);1-7H,(H,17,18)(H2,16,19,20). The van der Waals surface area contributed by atoms with E-state index in [0.717, 1.165) is 34.3 Å². The lowest BCUT2D eigenvalue weighted by Gasteiger charge is -2.11. The monoisotopic (exact) mass is 884 g/mol. The van der Waals surface area contributed by atoms with Crippen molar-refractivity contribution in [1.29, 1.82) is 0 Å². The summed E-state index contributed by atoms with van der Waals surface area (Å²) in [5.74, 6) is -1.88. The van der Waals surface area contributed by atoms with E-state index in [1.807, 2.05) is 4.72 Å². The number of hydrogen-bond donors (Lipinski definition) is 4. The van der Waals surface area contributed by atoms with Gasteiger partial charge in [0.25, 0.3) is 31.9 Å². The molecule has 4 aromatic carbocycles. The molecule has 0 fully saturated rings. The van der Waals surface area contributed by atoms with Gasteiger partial charge in [-0.3, -0.25) is 9.59 Å². The lowest BCUT2D eigenvalue weighted by atomic mass is 10.1. The van der Waals surface area contributed by atoms with E-state index in [9.17, 15) is 43.3 Å². The Hall–Kier alpha value is -3.21. The molecule has 0 radical (unpaired) electrons. The van der Waals surface area contributed by atoms with Gasteiger partial charge in [0.2, 0.25) is 20.0 Å². The van der Waals surface area contributed by atoms with Crippen LogP contribution in [0.25, 0.3) is 0 Å². The maximum absolute atomic E-state index is 12.4. The summed E-state index contributed by atoms with van der Waals surface area (Å²) in [6.07, 6.45) is 0. The molecule has 14 nitrogen and oxygen atoms in total. The van der Waals surface area contributed by atoms with Crippen LogP contribution in [0.3, 0.4) is 0 Å². The minimum atomic E-state index is -4.48. The Bertz CT molecular complexity index is 2370. The quantitative estimate of drug-likeness (QED) is 0.201. The molecule has 48 heavy (non-hydrogen) atoms. The highest BCUT2D eigenvalue weighted by Gasteiger charge is 2.28. The van der Waals surface area contributed by atoms with Gasteiger partial charge in [0.1, 0.15) is 19.6 Å². The van der Waals surface area contributed by atoms with E-state index in [2.05, 4.69) is 31.9 Å². The van der Waals surface area contributed by atoms with Crippen LogP contribution >= 0.6 is 43.5 Å². The number of aryl methyl sites for hydroxylation is 1. The average Bonchev–Trinajstić information content (AvgIpc) is 2.97. The molecule has 0 aliphatic carbocycles. The largest absolute Gasteiger partial charge is 0.268 e. The Morgan fingerprint density at radius 1 is 0.625 bits per heavy atom. The van der Waals surface area contributed by atoms with Gasteiger partial charge in [-0.05, 0) is 73.2 Å². The minimum absolute atomic E-state index is 0.0248. The predicted molar refractivity (Wildman–Crippen MR) is 183 cm³/mol. The molecule has 4 aromatic rings. The Balaban J connectivity index is 0.000000260. The number of carbonyl (C=O) groups excluding carboxylic acids is 2. The van der Waals surface area contributed by atoms with Crippen molar-refractivity contribution < 1.29 is 43.3 Å². The fourth-order valence-electron chi connectivity index (χ4n) is 3.74. The number of nitrogens with one attached hydrogen (secondary N) is 2. The van der Waals surface area contributed by atoms with E-state index in [1.165, 1.54) is 54.6 Å². The maximum Gasteiger partial charge on any atom is 0.266 e. The lowest BCUT2D eigenvalue weighted by molar-refractivity contribution is 0.0972. The molecule has 4 rings (SSSR count). The first-order valence-corrected chi connectivity index (χ1v) is 20.7. The van der Waals surface area contributed by atoms with Crippen molar-refractivity contribution in [3.63, 3.8) is 0 Å². The molecule has 6 N–H and O–H groups in total. The van der Waals surface area contributed by atoms with Crippen molar-refractivity contribution in [3.8, 4) is 0 Å². The molecule has 0 unspecified atom stereocenters. The highest BCUT2D eigenvalue weighted by Crippen LogP contribution is 2.24. The van der Waals surface area contributed by atoms with E-state index >= 15 is 0 Å². The molecule has 0 spiro atoms. The van der Waals surface area contributed by atoms with Crippen molar-refractivity contribution in [3.05, 3.63) is 116 Å². The summed E-state index contributed by atoms with van der Waals surface area (Å²) < 4.78 is 101. The van der Waals surface area contributed by atoms with E-state index < -0.39 is 71.5 Å². The zero-order valence-corrected chi connectivity index (χ0v) is 31.3. The van der Waals surface area contributed by atoms with Gasteiger partial charge in [-0.15, -0.1) is 0 Å². The topological polar surface area (TPSA) is 247 Å². The van der Waals surface area contributed by atoms with E-state index in [1.54, 1.807) is 17.7 Å². The summed E-state index contributed by atoms with van der Waals surface area (Å²) in [5, 5.41) is 10.1. The molecule has 0 aromatic heterocycles. The first-order chi connectivity index (χ1) is 22.0. The molecule has 0 aliphatic rings. The molecular formula is C27H23Br2ClN4O10S4. The normalized spacial score (nSPS) is 12.0. The number of sulfonamides is 4. The number of hydrogen-bond acceptors (Lipinski definition) is 10. The fourth-order valence-corrected chi connectivity index (χ4v) is 9.45. The average molecular weight is 887 g/mol. The van der Waals surface area contributed by atoms with Gasteiger partial charge in [0.05, 0.1) is 10.6 Å². The van der Waals surface area contributed by atoms with E-state index in [0.29, 0.717) is 4.47 Å². The fraction of sp³-hybridized carbons (Fsp3) is 0.0370. The van der Waals surface area contributed by atoms with Crippen LogP contribution in [0.4, 0.5) is 0 Å². The Morgan fingerprint density at radius 3 is 1.48 bits per heavy atom. The van der Waals surface area contributed by atoms with Crippen LogP contribution in [-0.2, 0) is 40.1 Å². The SMILES string of the molecule is Cc1cc(C(=O)NS(=O)(=O)c2ccccc2S(N)(=O)=O)ccc1Br.NS(=O)(=O)c1ccccc1S(=O)(=O)NC(=O)c1ccc(Br)cc1Cl. The smallest absolute Gasteiger partial charge is 0.266 e. The highest BCUT2D eigenvalue weighted by atomic mass is 79.9. The summed E-state index contributed by atoms with van der Waals surface area (Å²) >= 11 is 12.3. The third kappa shape index (κ3) is 9.92. The van der Waals surface area contributed by atoms with Crippen LogP contribution < -0.4 is 19.7 Å². The molecule has 0 bridgehead atoms. The summed E-state index contributed by atoms with van der Waals surface area (Å²) in [5.41, 5.74) is 0.772. The third-order valence-corrected chi connectivity index (χ3v) is 12.6. The van der Waals surface area contributed by atoms with Crippen LogP contribution in [-0.4, -0.2) is 45.5 Å². The van der Waals surface area contributed by atoms with Gasteiger partial charge < -0.3 is 0 Å². The Kier molecular flexibility index (Phi) is 12.4. The van der Waals surface area contributed by atoms with Crippen LogP contribution in [0.1, 0.15) is 26.3 Å². The van der Waals surface area contributed by atoms with Gasteiger partial charge in [-0.2, -0.15) is 0 Å². The molecule has 0 atom stereocenters. The predicted octanol–water partition coefficient (Wildman–Crippen LogP) is 3.39. The number of nitrogens with two attached hydrogens (primary N) is 2. The van der Waals surface area contributed by atoms with Gasteiger partial charge >= 0.3 is 0 Å². The molecule has 2 amide bonds. The molecule has 21 heteroatoms. The van der Waals surface area contributed by atoms with Crippen molar-refractivity contribution in [2.45, 2.75) is 26.5 Å². The van der Waals surface area contributed by atoms with Crippen molar-refractivity contribution >= 4 is 95.4 Å². The number of rotatable bonds is 8. The Labute approximate surface area is 298 Å². The molecule has 0 saturated heterocycles. The molecule has 0 heterocycles. The summed E-state index contributed by atoms with van der Waals surface area (Å²) in [7, 11) is -17.5. The number of primary sulfonamides is 2. The maximum atomic E-state index is 12.4. The van der Waals surface area contributed by atoms with Gasteiger partial charge in [0.15, 0.2) is 0 Å². The number of amides is 2.